The van der Waals surface area contributed by atoms with Gasteiger partial charge in [0.1, 0.15) is 12.6 Å². The van der Waals surface area contributed by atoms with Gasteiger partial charge in [0.25, 0.3) is 6.23 Å². The highest BCUT2D eigenvalue weighted by Crippen LogP contribution is 2.06. The number of methoxy groups -OCH3 is 1. The van der Waals surface area contributed by atoms with Crippen LogP contribution >= 0.6 is 0 Å². The Bertz CT molecular complexity index is 887. The third-order valence-corrected chi connectivity index (χ3v) is 4.08. The van der Waals surface area contributed by atoms with E-state index in [-0.39, 0.29) is 13.0 Å². The molecule has 0 saturated carbocycles. The molecule has 2 amide bonds. The van der Waals surface area contributed by atoms with Crippen molar-refractivity contribution in [2.75, 3.05) is 7.11 Å². The van der Waals surface area contributed by atoms with Gasteiger partial charge in [0.2, 0.25) is 5.91 Å². The fourth-order valence-corrected chi connectivity index (χ4v) is 2.61. The summed E-state index contributed by atoms with van der Waals surface area (Å²) in [5.74, 6) is -2.50. The molecule has 2 atom stereocenters. The van der Waals surface area contributed by atoms with Crippen LogP contribution in [0.4, 0.5) is 4.79 Å². The van der Waals surface area contributed by atoms with Gasteiger partial charge in [-0.15, -0.1) is 0 Å². The van der Waals surface area contributed by atoms with Gasteiger partial charge < -0.3 is 24.8 Å². The van der Waals surface area contributed by atoms with Crippen molar-refractivity contribution in [2.45, 2.75) is 32.2 Å². The van der Waals surface area contributed by atoms with Gasteiger partial charge >= 0.3 is 18.0 Å². The van der Waals surface area contributed by atoms with Gasteiger partial charge in [-0.05, 0) is 11.1 Å². The van der Waals surface area contributed by atoms with Crippen molar-refractivity contribution in [3.05, 3.63) is 71.8 Å². The molecule has 2 aromatic rings. The molecule has 0 heterocycles. The van der Waals surface area contributed by atoms with Gasteiger partial charge in [-0.2, -0.15) is 0 Å². The van der Waals surface area contributed by atoms with Crippen LogP contribution < -0.4 is 10.6 Å². The largest absolute Gasteiger partial charge is 0.465 e. The van der Waals surface area contributed by atoms with E-state index >= 15 is 0 Å². The van der Waals surface area contributed by atoms with Crippen molar-refractivity contribution in [3.8, 4) is 0 Å². The first-order valence-corrected chi connectivity index (χ1v) is 9.45. The maximum Gasteiger partial charge on any atom is 0.408 e. The van der Waals surface area contributed by atoms with Crippen LogP contribution in [0, 0.1) is 0 Å². The maximum absolute atomic E-state index is 12.8. The van der Waals surface area contributed by atoms with Crippen LogP contribution in [0.15, 0.2) is 60.7 Å². The first-order valence-electron chi connectivity index (χ1n) is 9.45. The highest BCUT2D eigenvalue weighted by atomic mass is 16.6. The van der Waals surface area contributed by atoms with Gasteiger partial charge in [-0.1, -0.05) is 60.7 Å². The molecular formula is C22H24N2O7. The van der Waals surface area contributed by atoms with Gasteiger partial charge in [0, 0.05) is 13.3 Å². The zero-order valence-electron chi connectivity index (χ0n) is 17.2. The Kier molecular flexibility index (Phi) is 9.03. The van der Waals surface area contributed by atoms with Crippen LogP contribution in [0.25, 0.3) is 0 Å². The lowest BCUT2D eigenvalue weighted by molar-refractivity contribution is -0.168. The second-order valence-electron chi connectivity index (χ2n) is 6.47. The molecule has 0 radical (unpaired) electrons. The zero-order valence-corrected chi connectivity index (χ0v) is 17.2. The number of rotatable bonds is 9. The Balaban J connectivity index is 2.08. The number of ether oxygens (including phenoxy) is 3. The molecular weight excluding hydrogens is 404 g/mol. The predicted octanol–water partition coefficient (Wildman–Crippen LogP) is 1.70. The summed E-state index contributed by atoms with van der Waals surface area (Å²) in [5.41, 5.74) is 1.54. The number of amides is 2. The maximum atomic E-state index is 12.8. The summed E-state index contributed by atoms with van der Waals surface area (Å²) in [6.07, 6.45) is -2.35. The summed E-state index contributed by atoms with van der Waals surface area (Å²) in [4.78, 5) is 48.1. The first-order chi connectivity index (χ1) is 14.9. The van der Waals surface area contributed by atoms with Crippen LogP contribution in [-0.2, 0) is 41.6 Å². The third-order valence-electron chi connectivity index (χ3n) is 4.08. The summed E-state index contributed by atoms with van der Waals surface area (Å²) in [6, 6.07) is 16.9. The zero-order chi connectivity index (χ0) is 22.6. The molecule has 2 rings (SSSR count). The molecule has 31 heavy (non-hydrogen) atoms. The van der Waals surface area contributed by atoms with E-state index in [1.807, 2.05) is 24.3 Å². The quantitative estimate of drug-likeness (QED) is 0.354. The van der Waals surface area contributed by atoms with E-state index in [4.69, 9.17) is 9.47 Å². The van der Waals surface area contributed by atoms with Gasteiger partial charge in [0.05, 0.1) is 7.11 Å². The lowest BCUT2D eigenvalue weighted by Crippen LogP contribution is -2.53. The second-order valence-corrected chi connectivity index (χ2v) is 6.47. The average molecular weight is 428 g/mol. The molecule has 2 N–H and O–H groups in total. The van der Waals surface area contributed by atoms with Crippen LogP contribution in [0.1, 0.15) is 18.1 Å². The Hall–Kier alpha value is -3.88. The van der Waals surface area contributed by atoms with E-state index in [9.17, 15) is 19.2 Å². The van der Waals surface area contributed by atoms with Crippen LogP contribution in [0.5, 0.6) is 0 Å². The number of benzene rings is 2. The van der Waals surface area contributed by atoms with Crippen LogP contribution in [0.2, 0.25) is 0 Å². The fraction of sp³-hybridized carbons (Fsp3) is 0.273. The van der Waals surface area contributed by atoms with Gasteiger partial charge in [-0.3, -0.25) is 9.59 Å². The van der Waals surface area contributed by atoms with E-state index in [1.165, 1.54) is 0 Å². The summed E-state index contributed by atoms with van der Waals surface area (Å²) in [7, 11) is 1.09. The normalized spacial score (nSPS) is 12.1. The third kappa shape index (κ3) is 8.17. The smallest absolute Gasteiger partial charge is 0.408 e. The molecule has 0 saturated heterocycles. The van der Waals surface area contributed by atoms with Crippen molar-refractivity contribution >= 4 is 23.9 Å². The number of hydrogen-bond donors (Lipinski definition) is 2. The number of nitrogens with one attached hydrogen (secondary N) is 2. The summed E-state index contributed by atoms with van der Waals surface area (Å²) in [5, 5.41) is 4.76. The van der Waals surface area contributed by atoms with Crippen molar-refractivity contribution in [3.63, 3.8) is 0 Å². The summed E-state index contributed by atoms with van der Waals surface area (Å²) >= 11 is 0. The van der Waals surface area contributed by atoms with Crippen LogP contribution in [-0.4, -0.2) is 43.3 Å². The van der Waals surface area contributed by atoms with E-state index in [0.29, 0.717) is 0 Å². The van der Waals surface area contributed by atoms with E-state index in [2.05, 4.69) is 15.4 Å². The molecule has 0 spiro atoms. The second kappa shape index (κ2) is 12.0. The van der Waals surface area contributed by atoms with Gasteiger partial charge in [-0.25, -0.2) is 9.59 Å². The van der Waals surface area contributed by atoms with Crippen molar-refractivity contribution in [1.82, 2.24) is 10.6 Å². The standard InChI is InChI=1S/C22H24N2O7/c1-15(25)31-20(21(27)29-2)24-19(26)18(13-16-9-5-3-6-10-16)23-22(28)30-14-17-11-7-4-8-12-17/h3-12,18,20H,13-14H2,1-2H3,(H,23,28)(H,24,26)/t18-,20?/m0/s1. The molecule has 9 nitrogen and oxygen atoms in total. The SMILES string of the molecule is COC(=O)C(NC(=O)[C@H](Cc1ccccc1)NC(=O)OCc1ccccc1)OC(C)=O. The van der Waals surface area contributed by atoms with Crippen molar-refractivity contribution < 1.29 is 33.4 Å². The molecule has 0 fully saturated rings. The monoisotopic (exact) mass is 428 g/mol. The van der Waals surface area contributed by atoms with Crippen LogP contribution in [0.3, 0.4) is 0 Å². The number of esters is 2. The molecule has 1 unspecified atom stereocenters. The van der Waals surface area contributed by atoms with Crippen molar-refractivity contribution in [1.29, 1.82) is 0 Å². The number of carbonyl (C=O) groups excluding carboxylic acids is 4. The molecule has 9 heteroatoms. The summed E-state index contributed by atoms with van der Waals surface area (Å²) < 4.78 is 14.5. The number of carbonyl (C=O) groups is 4. The molecule has 164 valence electrons. The average Bonchev–Trinajstić information content (AvgIpc) is 2.77. The minimum Gasteiger partial charge on any atom is -0.465 e. The molecule has 0 aromatic heterocycles. The summed E-state index contributed by atoms with van der Waals surface area (Å²) in [6.45, 7) is 1.10. The Labute approximate surface area is 179 Å². The highest BCUT2D eigenvalue weighted by molar-refractivity contribution is 5.90. The van der Waals surface area contributed by atoms with E-state index in [0.717, 1.165) is 25.2 Å². The minimum absolute atomic E-state index is 0.0184. The molecule has 0 aliphatic heterocycles. The minimum atomic E-state index is -1.64. The number of hydrogen-bond acceptors (Lipinski definition) is 7. The molecule has 0 aliphatic rings. The van der Waals surface area contributed by atoms with E-state index < -0.39 is 36.2 Å². The molecule has 0 aliphatic carbocycles. The molecule has 0 bridgehead atoms. The topological polar surface area (TPSA) is 120 Å². The van der Waals surface area contributed by atoms with Gasteiger partial charge in [0.15, 0.2) is 0 Å². The first kappa shape index (κ1) is 23.4. The fourth-order valence-electron chi connectivity index (χ4n) is 2.61. The Morgan fingerprint density at radius 3 is 2.00 bits per heavy atom. The lowest BCUT2D eigenvalue weighted by Gasteiger charge is -2.22. The number of alkyl carbamates (subject to hydrolysis) is 1. The Morgan fingerprint density at radius 2 is 1.45 bits per heavy atom. The molecule has 2 aromatic carbocycles. The van der Waals surface area contributed by atoms with Crippen molar-refractivity contribution in [2.24, 2.45) is 0 Å². The Morgan fingerprint density at radius 1 is 0.871 bits per heavy atom. The predicted molar refractivity (Wildman–Crippen MR) is 109 cm³/mol. The van der Waals surface area contributed by atoms with E-state index in [1.54, 1.807) is 36.4 Å². The lowest BCUT2D eigenvalue weighted by atomic mass is 10.1. The highest BCUT2D eigenvalue weighted by Gasteiger charge is 2.29.